The number of carbonyl (C=O) groups is 3. The molecule has 0 unspecified atom stereocenters. The summed E-state index contributed by atoms with van der Waals surface area (Å²) in [6.45, 7) is 7.00. The van der Waals surface area contributed by atoms with E-state index in [9.17, 15) is 14.4 Å². The van der Waals surface area contributed by atoms with Crippen molar-refractivity contribution in [2.75, 3.05) is 13.1 Å². The quantitative estimate of drug-likeness (QED) is 0.763. The Hall–Kier alpha value is -1.79. The highest BCUT2D eigenvalue weighted by Crippen LogP contribution is 2.30. The second-order valence-corrected chi connectivity index (χ2v) is 8.16. The molecule has 1 aliphatic heterocycles. The third-order valence-corrected chi connectivity index (χ3v) is 4.74. The van der Waals surface area contributed by atoms with Gasteiger partial charge in [0, 0.05) is 25.6 Å². The van der Waals surface area contributed by atoms with Crippen molar-refractivity contribution < 1.29 is 24.2 Å². The predicted molar refractivity (Wildman–Crippen MR) is 92.1 cm³/mol. The molecule has 2 N–H and O–H groups in total. The van der Waals surface area contributed by atoms with Gasteiger partial charge in [-0.1, -0.05) is 0 Å². The Morgan fingerprint density at radius 1 is 1.20 bits per heavy atom. The lowest BCUT2D eigenvalue weighted by Crippen LogP contribution is -2.41. The largest absolute Gasteiger partial charge is 0.481 e. The van der Waals surface area contributed by atoms with E-state index in [4.69, 9.17) is 9.84 Å². The van der Waals surface area contributed by atoms with Gasteiger partial charge >= 0.3 is 12.1 Å². The van der Waals surface area contributed by atoms with Gasteiger partial charge in [0.2, 0.25) is 5.91 Å². The first-order valence-corrected chi connectivity index (χ1v) is 9.16. The summed E-state index contributed by atoms with van der Waals surface area (Å²) in [4.78, 5) is 36.3. The molecule has 2 atom stereocenters. The van der Waals surface area contributed by atoms with Crippen LogP contribution in [0.5, 0.6) is 0 Å². The Bertz CT molecular complexity index is 506. The molecule has 2 aliphatic rings. The fourth-order valence-electron chi connectivity index (χ4n) is 3.19. The standard InChI is InChI=1S/C18H30N2O5/c1-18(2,3)25-17(24)20-9-7-12(8-10-20)5-4-6-15(21)19-14-11-13(14)16(22)23/h12-14H,4-11H2,1-3H3,(H,19,21)(H,22,23)/t13-,14-/m0/s1. The second-order valence-electron chi connectivity index (χ2n) is 8.16. The monoisotopic (exact) mass is 354 g/mol. The van der Waals surface area contributed by atoms with Crippen molar-refractivity contribution in [2.24, 2.45) is 11.8 Å². The minimum Gasteiger partial charge on any atom is -0.481 e. The van der Waals surface area contributed by atoms with Gasteiger partial charge in [-0.05, 0) is 58.8 Å². The molecule has 0 spiro atoms. The first-order valence-electron chi connectivity index (χ1n) is 9.16. The zero-order chi connectivity index (χ0) is 18.6. The van der Waals surface area contributed by atoms with Crippen LogP contribution < -0.4 is 5.32 Å². The highest BCUT2D eigenvalue weighted by molar-refractivity contribution is 5.80. The third-order valence-electron chi connectivity index (χ3n) is 4.74. The van der Waals surface area contributed by atoms with Crippen LogP contribution >= 0.6 is 0 Å². The van der Waals surface area contributed by atoms with Gasteiger partial charge in [-0.3, -0.25) is 9.59 Å². The molecule has 7 heteroatoms. The van der Waals surface area contributed by atoms with Crippen LogP contribution in [0.2, 0.25) is 0 Å². The number of carboxylic acid groups (broad SMARTS) is 1. The van der Waals surface area contributed by atoms with Crippen molar-refractivity contribution in [3.05, 3.63) is 0 Å². The molecular weight excluding hydrogens is 324 g/mol. The lowest BCUT2D eigenvalue weighted by molar-refractivity contribution is -0.138. The topological polar surface area (TPSA) is 95.9 Å². The number of likely N-dealkylation sites (tertiary alicyclic amines) is 1. The average molecular weight is 354 g/mol. The number of hydrogen-bond acceptors (Lipinski definition) is 4. The molecule has 0 aromatic heterocycles. The molecule has 1 saturated carbocycles. The number of nitrogens with one attached hydrogen (secondary N) is 1. The van der Waals surface area contributed by atoms with Gasteiger partial charge in [0.05, 0.1) is 5.92 Å². The number of carbonyl (C=O) groups excluding carboxylic acids is 2. The molecule has 0 aromatic rings. The van der Waals surface area contributed by atoms with Gasteiger partial charge in [0.25, 0.3) is 0 Å². The Balaban J connectivity index is 1.57. The SMILES string of the molecule is CC(C)(C)OC(=O)N1CCC(CCCC(=O)N[C@H]2C[C@@H]2C(=O)O)CC1. The second kappa shape index (κ2) is 8.06. The maximum atomic E-state index is 12.0. The molecule has 25 heavy (non-hydrogen) atoms. The number of aliphatic carboxylic acids is 1. The van der Waals surface area contributed by atoms with Gasteiger partial charge in [-0.25, -0.2) is 4.79 Å². The van der Waals surface area contributed by atoms with Gasteiger partial charge < -0.3 is 20.1 Å². The lowest BCUT2D eigenvalue weighted by atomic mass is 9.91. The van der Waals surface area contributed by atoms with Gasteiger partial charge in [-0.2, -0.15) is 0 Å². The van der Waals surface area contributed by atoms with Crippen LogP contribution in [0.3, 0.4) is 0 Å². The first kappa shape index (κ1) is 19.5. The lowest BCUT2D eigenvalue weighted by Gasteiger charge is -2.33. The summed E-state index contributed by atoms with van der Waals surface area (Å²) in [7, 11) is 0. The zero-order valence-electron chi connectivity index (χ0n) is 15.4. The van der Waals surface area contributed by atoms with E-state index in [2.05, 4.69) is 5.32 Å². The van der Waals surface area contributed by atoms with Crippen molar-refractivity contribution in [1.82, 2.24) is 10.2 Å². The van der Waals surface area contributed by atoms with Crippen LogP contribution in [0.15, 0.2) is 0 Å². The highest BCUT2D eigenvalue weighted by atomic mass is 16.6. The van der Waals surface area contributed by atoms with Crippen LogP contribution in [0.25, 0.3) is 0 Å². The molecule has 7 nitrogen and oxygen atoms in total. The summed E-state index contributed by atoms with van der Waals surface area (Å²) in [5.41, 5.74) is -0.470. The minimum atomic E-state index is -0.831. The number of rotatable bonds is 6. The van der Waals surface area contributed by atoms with Crippen molar-refractivity contribution in [1.29, 1.82) is 0 Å². The molecule has 1 aliphatic carbocycles. The number of ether oxygens (including phenoxy) is 1. The third kappa shape index (κ3) is 6.55. The summed E-state index contributed by atoms with van der Waals surface area (Å²) in [5, 5.41) is 11.6. The maximum Gasteiger partial charge on any atom is 0.410 e. The first-order chi connectivity index (χ1) is 11.7. The Kier molecular flexibility index (Phi) is 6.30. The van der Waals surface area contributed by atoms with Crippen LogP contribution in [0.1, 0.15) is 59.3 Å². The summed E-state index contributed by atoms with van der Waals surface area (Å²) >= 11 is 0. The summed E-state index contributed by atoms with van der Waals surface area (Å²) in [5.74, 6) is -0.762. The van der Waals surface area contributed by atoms with E-state index in [1.807, 2.05) is 20.8 Å². The van der Waals surface area contributed by atoms with Crippen molar-refractivity contribution in [3.63, 3.8) is 0 Å². The molecule has 2 fully saturated rings. The van der Waals surface area contributed by atoms with E-state index in [0.717, 1.165) is 25.7 Å². The van der Waals surface area contributed by atoms with E-state index >= 15 is 0 Å². The van der Waals surface area contributed by atoms with E-state index in [0.29, 0.717) is 31.8 Å². The molecule has 1 saturated heterocycles. The van der Waals surface area contributed by atoms with Crippen molar-refractivity contribution >= 4 is 18.0 Å². The smallest absolute Gasteiger partial charge is 0.410 e. The number of piperidine rings is 1. The summed E-state index contributed by atoms with van der Waals surface area (Å²) in [6, 6.07) is -0.179. The number of hydrogen-bond donors (Lipinski definition) is 2. The molecule has 0 bridgehead atoms. The average Bonchev–Trinajstić information content (AvgIpc) is 3.25. The minimum absolute atomic E-state index is 0.0556. The molecule has 1 heterocycles. The van der Waals surface area contributed by atoms with Gasteiger partial charge in [0.1, 0.15) is 5.60 Å². The number of carboxylic acids is 1. The van der Waals surface area contributed by atoms with E-state index in [-0.39, 0.29) is 18.0 Å². The van der Waals surface area contributed by atoms with E-state index in [1.165, 1.54) is 0 Å². The van der Waals surface area contributed by atoms with E-state index in [1.54, 1.807) is 4.90 Å². The molecular formula is C18H30N2O5. The zero-order valence-corrected chi connectivity index (χ0v) is 15.4. The molecule has 2 rings (SSSR count). The molecule has 0 aromatic carbocycles. The molecule has 2 amide bonds. The van der Waals surface area contributed by atoms with Crippen LogP contribution in [-0.2, 0) is 14.3 Å². The summed E-state index contributed by atoms with van der Waals surface area (Å²) < 4.78 is 5.39. The van der Waals surface area contributed by atoms with Crippen molar-refractivity contribution in [2.45, 2.75) is 70.9 Å². The number of nitrogens with zero attached hydrogens (tertiary/aromatic N) is 1. The predicted octanol–water partition coefficient (Wildman–Crippen LogP) is 2.39. The Morgan fingerprint density at radius 3 is 2.36 bits per heavy atom. The summed E-state index contributed by atoms with van der Waals surface area (Å²) in [6.07, 6.45) is 4.37. The van der Waals surface area contributed by atoms with Gasteiger partial charge in [-0.15, -0.1) is 0 Å². The Morgan fingerprint density at radius 2 is 1.84 bits per heavy atom. The molecule has 142 valence electrons. The van der Waals surface area contributed by atoms with Crippen LogP contribution in [0, 0.1) is 11.8 Å². The van der Waals surface area contributed by atoms with E-state index < -0.39 is 17.5 Å². The fourth-order valence-corrected chi connectivity index (χ4v) is 3.19. The Labute approximate surface area is 149 Å². The van der Waals surface area contributed by atoms with Gasteiger partial charge in [0.15, 0.2) is 0 Å². The normalized spacial score (nSPS) is 23.9. The van der Waals surface area contributed by atoms with Crippen molar-refractivity contribution in [3.8, 4) is 0 Å². The molecule has 0 radical (unpaired) electrons. The highest BCUT2D eigenvalue weighted by Gasteiger charge is 2.44. The van der Waals surface area contributed by atoms with Crippen LogP contribution in [-0.4, -0.2) is 52.7 Å². The number of amides is 2. The fraction of sp³-hybridized carbons (Fsp3) is 0.833. The maximum absolute atomic E-state index is 12.0. The van der Waals surface area contributed by atoms with Crippen LogP contribution in [0.4, 0.5) is 4.79 Å².